The molecule has 0 aliphatic carbocycles. The minimum Gasteiger partial charge on any atom is -0.479 e. The van der Waals surface area contributed by atoms with Crippen LogP contribution in [0.15, 0.2) is 24.3 Å². The van der Waals surface area contributed by atoms with Crippen molar-refractivity contribution in [2.45, 2.75) is 79.2 Å². The molecule has 2 aliphatic rings. The first-order chi connectivity index (χ1) is 16.0. The monoisotopic (exact) mass is 465 g/mol. The van der Waals surface area contributed by atoms with E-state index in [1.165, 1.54) is 22.3 Å². The molecule has 1 fully saturated rings. The molecule has 0 saturated carbocycles. The van der Waals surface area contributed by atoms with Gasteiger partial charge in [-0.25, -0.2) is 4.79 Å². The van der Waals surface area contributed by atoms with Crippen LogP contribution in [0.25, 0.3) is 11.1 Å². The Bertz CT molecular complexity index is 1050. The average molecular weight is 466 g/mol. The molecule has 2 heterocycles. The third-order valence-electron chi connectivity index (χ3n) is 7.24. The zero-order chi connectivity index (χ0) is 24.6. The Hall–Kier alpha value is -2.21. The molecule has 5 heteroatoms. The summed E-state index contributed by atoms with van der Waals surface area (Å²) in [6.45, 7) is 16.6. The predicted octanol–water partition coefficient (Wildman–Crippen LogP) is 5.96. The van der Waals surface area contributed by atoms with Crippen molar-refractivity contribution in [3.8, 4) is 11.1 Å². The van der Waals surface area contributed by atoms with Crippen molar-refractivity contribution in [1.82, 2.24) is 4.90 Å². The summed E-state index contributed by atoms with van der Waals surface area (Å²) in [4.78, 5) is 15.1. The molecule has 1 N–H and O–H groups in total. The number of fused-ring (bicyclic) bond motifs is 1. The van der Waals surface area contributed by atoms with E-state index in [2.05, 4.69) is 49.9 Å². The Morgan fingerprint density at radius 2 is 1.65 bits per heavy atom. The van der Waals surface area contributed by atoms with Gasteiger partial charge in [0.05, 0.1) is 5.60 Å². The summed E-state index contributed by atoms with van der Waals surface area (Å²) < 4.78 is 11.7. The fourth-order valence-electron chi connectivity index (χ4n) is 5.52. The molecule has 1 atom stereocenters. The Labute approximate surface area is 204 Å². The summed E-state index contributed by atoms with van der Waals surface area (Å²) >= 11 is 0. The van der Waals surface area contributed by atoms with E-state index < -0.39 is 17.7 Å². The van der Waals surface area contributed by atoms with Crippen LogP contribution in [0.5, 0.6) is 0 Å². The van der Waals surface area contributed by atoms with E-state index in [1.54, 1.807) is 0 Å². The molecule has 0 aromatic heterocycles. The van der Waals surface area contributed by atoms with Gasteiger partial charge in [-0.1, -0.05) is 29.8 Å². The SMILES string of the molecule is Cc1ccc(-c2c(C)c3c(c(C)c2[C@H](OC(C)(C)C)C(=O)O)CN(CC2CCOCC2)C3)cc1. The van der Waals surface area contributed by atoms with Gasteiger partial charge in [0.15, 0.2) is 6.10 Å². The molecular formula is C29H39NO4. The van der Waals surface area contributed by atoms with Gasteiger partial charge in [-0.2, -0.15) is 0 Å². The highest BCUT2D eigenvalue weighted by Crippen LogP contribution is 2.44. The van der Waals surface area contributed by atoms with Crippen molar-refractivity contribution in [1.29, 1.82) is 0 Å². The summed E-state index contributed by atoms with van der Waals surface area (Å²) in [5.74, 6) is -0.279. The quantitative estimate of drug-likeness (QED) is 0.570. The average Bonchev–Trinajstić information content (AvgIpc) is 3.20. The van der Waals surface area contributed by atoms with Crippen molar-refractivity contribution in [2.75, 3.05) is 19.8 Å². The highest BCUT2D eigenvalue weighted by atomic mass is 16.5. The van der Waals surface area contributed by atoms with Gasteiger partial charge >= 0.3 is 5.97 Å². The van der Waals surface area contributed by atoms with E-state index in [9.17, 15) is 9.90 Å². The fourth-order valence-corrected chi connectivity index (χ4v) is 5.52. The molecule has 2 aliphatic heterocycles. The van der Waals surface area contributed by atoms with Gasteiger partial charge in [0.2, 0.25) is 0 Å². The number of carboxylic acid groups (broad SMARTS) is 1. The second kappa shape index (κ2) is 9.80. The lowest BCUT2D eigenvalue weighted by molar-refractivity contribution is -0.160. The molecule has 4 rings (SSSR count). The first-order valence-electron chi connectivity index (χ1n) is 12.5. The van der Waals surface area contributed by atoms with E-state index in [0.29, 0.717) is 5.92 Å². The van der Waals surface area contributed by atoms with E-state index in [4.69, 9.17) is 9.47 Å². The number of ether oxygens (including phenoxy) is 2. The number of hydrogen-bond acceptors (Lipinski definition) is 4. The summed E-state index contributed by atoms with van der Waals surface area (Å²) in [7, 11) is 0. The standard InChI is InChI=1S/C29H39NO4/c1-18-7-9-22(10-8-18)25-19(2)23-16-30(15-21-11-13-33-14-12-21)17-24(23)20(3)26(25)27(28(31)32)34-29(4,5)6/h7-10,21,27H,11-17H2,1-6H3,(H,31,32)/t27-/m0/s1. The van der Waals surface area contributed by atoms with Crippen molar-refractivity contribution in [3.63, 3.8) is 0 Å². The van der Waals surface area contributed by atoms with Gasteiger partial charge < -0.3 is 14.6 Å². The number of aryl methyl sites for hydroxylation is 1. The second-order valence-electron chi connectivity index (χ2n) is 11.0. The smallest absolute Gasteiger partial charge is 0.337 e. The zero-order valence-corrected chi connectivity index (χ0v) is 21.5. The lowest BCUT2D eigenvalue weighted by atomic mass is 9.83. The van der Waals surface area contributed by atoms with Crippen molar-refractivity contribution < 1.29 is 19.4 Å². The third kappa shape index (κ3) is 5.22. The minimum atomic E-state index is -1.02. The van der Waals surface area contributed by atoms with Gasteiger partial charge in [-0.15, -0.1) is 0 Å². The molecule has 0 spiro atoms. The molecular weight excluding hydrogens is 426 g/mol. The van der Waals surface area contributed by atoms with Crippen LogP contribution in [0.4, 0.5) is 0 Å². The van der Waals surface area contributed by atoms with Crippen LogP contribution >= 0.6 is 0 Å². The third-order valence-corrected chi connectivity index (χ3v) is 7.24. The highest BCUT2D eigenvalue weighted by Gasteiger charge is 2.36. The molecule has 2 aromatic carbocycles. The van der Waals surface area contributed by atoms with Gasteiger partial charge in [-0.3, -0.25) is 4.90 Å². The van der Waals surface area contributed by atoms with Crippen LogP contribution in [0.1, 0.15) is 73.1 Å². The maximum Gasteiger partial charge on any atom is 0.337 e. The topological polar surface area (TPSA) is 59.0 Å². The minimum absolute atomic E-state index is 0.581. The van der Waals surface area contributed by atoms with E-state index in [-0.39, 0.29) is 0 Å². The molecule has 34 heavy (non-hydrogen) atoms. The van der Waals surface area contributed by atoms with E-state index in [0.717, 1.165) is 67.9 Å². The van der Waals surface area contributed by atoms with Crippen molar-refractivity contribution in [3.05, 3.63) is 57.6 Å². The Morgan fingerprint density at radius 1 is 1.06 bits per heavy atom. The first-order valence-corrected chi connectivity index (χ1v) is 12.5. The van der Waals surface area contributed by atoms with Crippen LogP contribution in [-0.4, -0.2) is 41.3 Å². The van der Waals surface area contributed by atoms with Crippen molar-refractivity contribution in [2.24, 2.45) is 5.92 Å². The van der Waals surface area contributed by atoms with E-state index >= 15 is 0 Å². The van der Waals surface area contributed by atoms with Gasteiger partial charge in [-0.05, 0) is 93.7 Å². The molecule has 0 unspecified atom stereocenters. The number of nitrogens with zero attached hydrogens (tertiary/aromatic N) is 1. The molecule has 0 radical (unpaired) electrons. The first kappa shape index (κ1) is 24.9. The normalized spacial score (nSPS) is 18.2. The van der Waals surface area contributed by atoms with E-state index in [1.807, 2.05) is 20.8 Å². The van der Waals surface area contributed by atoms with Crippen LogP contribution in [0.3, 0.4) is 0 Å². The van der Waals surface area contributed by atoms with Crippen LogP contribution in [0, 0.1) is 26.7 Å². The largest absolute Gasteiger partial charge is 0.479 e. The maximum absolute atomic E-state index is 12.6. The number of aliphatic carboxylic acids is 1. The maximum atomic E-state index is 12.6. The Balaban J connectivity index is 1.82. The molecule has 184 valence electrons. The molecule has 1 saturated heterocycles. The number of rotatable bonds is 6. The van der Waals surface area contributed by atoms with Gasteiger partial charge in [0.25, 0.3) is 0 Å². The van der Waals surface area contributed by atoms with Gasteiger partial charge in [0.1, 0.15) is 0 Å². The molecule has 0 bridgehead atoms. The summed E-state index contributed by atoms with van der Waals surface area (Å²) in [6, 6.07) is 8.41. The number of carbonyl (C=O) groups is 1. The molecule has 2 aromatic rings. The molecule has 5 nitrogen and oxygen atoms in total. The van der Waals surface area contributed by atoms with Crippen LogP contribution < -0.4 is 0 Å². The lowest BCUT2D eigenvalue weighted by Crippen LogP contribution is -2.29. The molecule has 0 amide bonds. The van der Waals surface area contributed by atoms with Gasteiger partial charge in [0, 0.05) is 38.4 Å². The summed E-state index contributed by atoms with van der Waals surface area (Å²) in [5, 5.41) is 10.3. The number of carboxylic acids is 1. The summed E-state index contributed by atoms with van der Waals surface area (Å²) in [6.07, 6.45) is 1.21. The zero-order valence-electron chi connectivity index (χ0n) is 21.5. The van der Waals surface area contributed by atoms with Crippen molar-refractivity contribution >= 4 is 5.97 Å². The Kier molecular flexibility index (Phi) is 7.18. The number of benzene rings is 2. The lowest BCUT2D eigenvalue weighted by Gasteiger charge is -2.30. The fraction of sp³-hybridized carbons (Fsp3) is 0.552. The van der Waals surface area contributed by atoms with Crippen LogP contribution in [0.2, 0.25) is 0 Å². The highest BCUT2D eigenvalue weighted by molar-refractivity contribution is 5.84. The Morgan fingerprint density at radius 3 is 2.21 bits per heavy atom. The predicted molar refractivity (Wildman–Crippen MR) is 135 cm³/mol. The second-order valence-corrected chi connectivity index (χ2v) is 11.0. The summed E-state index contributed by atoms with van der Waals surface area (Å²) in [5.41, 5.74) is 8.33. The van der Waals surface area contributed by atoms with Crippen LogP contribution in [-0.2, 0) is 27.4 Å². The number of hydrogen-bond donors (Lipinski definition) is 1.